The Morgan fingerprint density at radius 2 is 1.00 bits per heavy atom. The number of halogens is 4. The molecule has 2 aromatic rings. The third-order valence-corrected chi connectivity index (χ3v) is 5.62. The molecule has 2 nitrogen and oxygen atoms in total. The van der Waals surface area contributed by atoms with Crippen molar-refractivity contribution in [1.82, 2.24) is 0 Å². The van der Waals surface area contributed by atoms with Crippen LogP contribution in [-0.4, -0.2) is 10.2 Å². The van der Waals surface area contributed by atoms with Gasteiger partial charge in [-0.1, -0.05) is 13.2 Å². The van der Waals surface area contributed by atoms with Crippen molar-refractivity contribution in [2.75, 3.05) is 0 Å². The molecular formula is C20H14F4O2S2. The maximum absolute atomic E-state index is 14.4. The van der Waals surface area contributed by atoms with Gasteiger partial charge in [0.15, 0.2) is 23.3 Å². The molecule has 0 saturated heterocycles. The molecule has 0 atom stereocenters. The molecule has 0 saturated carbocycles. The summed E-state index contributed by atoms with van der Waals surface area (Å²) in [4.78, 5) is 22.7. The van der Waals surface area contributed by atoms with E-state index in [1.54, 1.807) is 0 Å². The van der Waals surface area contributed by atoms with E-state index in [9.17, 15) is 27.2 Å². The number of benzene rings is 2. The SMILES string of the molecule is C=C(C)C(=O)Sc1ccc(-c2ccc(SC(=O)C(=C)C)c(F)c2F)c(F)c1F. The summed E-state index contributed by atoms with van der Waals surface area (Å²) in [5.41, 5.74) is -0.716. The van der Waals surface area contributed by atoms with Crippen LogP contribution in [-0.2, 0) is 9.59 Å². The molecule has 0 amide bonds. The highest BCUT2D eigenvalue weighted by atomic mass is 32.2. The molecule has 0 fully saturated rings. The Morgan fingerprint density at radius 3 is 1.29 bits per heavy atom. The second kappa shape index (κ2) is 8.79. The molecule has 0 aliphatic rings. The maximum Gasteiger partial charge on any atom is 0.219 e. The molecule has 0 aromatic heterocycles. The van der Waals surface area contributed by atoms with Gasteiger partial charge in [-0.15, -0.1) is 0 Å². The van der Waals surface area contributed by atoms with Crippen LogP contribution in [0.4, 0.5) is 17.6 Å². The van der Waals surface area contributed by atoms with Crippen LogP contribution in [0.1, 0.15) is 13.8 Å². The standard InChI is InChI=1S/C20H14F4O2S2/c1-9(2)19(25)27-13-7-5-11(15(21)17(13)23)12-6-8-14(18(24)16(12)22)28-20(26)10(3)4/h5-8H,1,3H2,2,4H3. The van der Waals surface area contributed by atoms with Gasteiger partial charge in [-0.05, 0) is 72.8 Å². The van der Waals surface area contributed by atoms with E-state index < -0.39 is 44.6 Å². The molecule has 0 radical (unpaired) electrons. The van der Waals surface area contributed by atoms with Gasteiger partial charge in [0.1, 0.15) is 0 Å². The molecule has 0 aliphatic heterocycles. The number of hydrogen-bond acceptors (Lipinski definition) is 4. The van der Waals surface area contributed by atoms with Crippen LogP contribution < -0.4 is 0 Å². The smallest absolute Gasteiger partial charge is 0.219 e. The fourth-order valence-corrected chi connectivity index (χ4v) is 3.39. The van der Waals surface area contributed by atoms with Crippen LogP contribution >= 0.6 is 23.5 Å². The lowest BCUT2D eigenvalue weighted by molar-refractivity contribution is -0.108. The predicted octanol–water partition coefficient (Wildman–Crippen LogP) is 6.30. The summed E-state index contributed by atoms with van der Waals surface area (Å²) in [7, 11) is 0. The Bertz CT molecular complexity index is 934. The van der Waals surface area contributed by atoms with Crippen LogP contribution in [0.2, 0.25) is 0 Å². The topological polar surface area (TPSA) is 34.1 Å². The van der Waals surface area contributed by atoms with Gasteiger partial charge in [0.25, 0.3) is 0 Å². The monoisotopic (exact) mass is 426 g/mol. The Morgan fingerprint density at radius 1 is 0.679 bits per heavy atom. The van der Waals surface area contributed by atoms with Gasteiger partial charge in [-0.2, -0.15) is 0 Å². The van der Waals surface area contributed by atoms with Gasteiger partial charge in [-0.3, -0.25) is 9.59 Å². The number of hydrogen-bond donors (Lipinski definition) is 0. The number of carbonyl (C=O) groups is 2. The molecule has 2 aromatic carbocycles. The first kappa shape index (κ1) is 22.0. The van der Waals surface area contributed by atoms with Crippen molar-refractivity contribution in [3.63, 3.8) is 0 Å². The highest BCUT2D eigenvalue weighted by molar-refractivity contribution is 8.14. The minimum Gasteiger partial charge on any atom is -0.282 e. The lowest BCUT2D eigenvalue weighted by Crippen LogP contribution is -2.00. The van der Waals surface area contributed by atoms with E-state index in [2.05, 4.69) is 13.2 Å². The first-order valence-electron chi connectivity index (χ1n) is 7.76. The van der Waals surface area contributed by atoms with Gasteiger partial charge in [0, 0.05) is 11.1 Å². The highest BCUT2D eigenvalue weighted by Crippen LogP contribution is 2.36. The lowest BCUT2D eigenvalue weighted by Gasteiger charge is -2.11. The normalized spacial score (nSPS) is 10.6. The van der Waals surface area contributed by atoms with Gasteiger partial charge >= 0.3 is 0 Å². The maximum atomic E-state index is 14.4. The van der Waals surface area contributed by atoms with Crippen LogP contribution in [0, 0.1) is 23.3 Å². The van der Waals surface area contributed by atoms with Crippen molar-refractivity contribution in [2.24, 2.45) is 0 Å². The fourth-order valence-electron chi connectivity index (χ4n) is 2.01. The van der Waals surface area contributed by atoms with Crippen molar-refractivity contribution in [3.05, 3.63) is 71.8 Å². The largest absolute Gasteiger partial charge is 0.282 e. The average molecular weight is 426 g/mol. The van der Waals surface area contributed by atoms with Crippen molar-refractivity contribution < 1.29 is 27.2 Å². The molecule has 0 N–H and O–H groups in total. The zero-order valence-electron chi connectivity index (χ0n) is 14.9. The summed E-state index contributed by atoms with van der Waals surface area (Å²) in [6, 6.07) is 4.31. The molecule has 2 rings (SSSR count). The molecule has 28 heavy (non-hydrogen) atoms. The zero-order valence-corrected chi connectivity index (χ0v) is 16.5. The predicted molar refractivity (Wildman–Crippen MR) is 103 cm³/mol. The fraction of sp³-hybridized carbons (Fsp3) is 0.100. The Kier molecular flexibility index (Phi) is 6.90. The highest BCUT2D eigenvalue weighted by Gasteiger charge is 2.23. The van der Waals surface area contributed by atoms with E-state index in [0.29, 0.717) is 23.5 Å². The van der Waals surface area contributed by atoms with E-state index in [4.69, 9.17) is 0 Å². The second-order valence-corrected chi connectivity index (χ2v) is 7.85. The second-order valence-electron chi connectivity index (χ2n) is 5.82. The molecule has 0 heterocycles. The van der Waals surface area contributed by atoms with E-state index in [0.717, 1.165) is 24.3 Å². The Hall–Kier alpha value is -2.32. The van der Waals surface area contributed by atoms with Crippen molar-refractivity contribution in [3.8, 4) is 11.1 Å². The van der Waals surface area contributed by atoms with Crippen LogP contribution in [0.5, 0.6) is 0 Å². The van der Waals surface area contributed by atoms with Gasteiger partial charge < -0.3 is 0 Å². The molecule has 8 heteroatoms. The summed E-state index contributed by atoms with van der Waals surface area (Å²) in [5, 5.41) is -1.10. The molecule has 146 valence electrons. The van der Waals surface area contributed by atoms with Crippen LogP contribution in [0.3, 0.4) is 0 Å². The summed E-state index contributed by atoms with van der Waals surface area (Å²) in [5.74, 6) is -5.55. The average Bonchev–Trinajstić information content (AvgIpc) is 2.63. The summed E-state index contributed by atoms with van der Waals surface area (Å²) < 4.78 is 57.5. The van der Waals surface area contributed by atoms with Gasteiger partial charge in [0.2, 0.25) is 10.2 Å². The Balaban J connectivity index is 2.45. The lowest BCUT2D eigenvalue weighted by atomic mass is 10.0. The van der Waals surface area contributed by atoms with E-state index in [-0.39, 0.29) is 20.9 Å². The summed E-state index contributed by atoms with van der Waals surface area (Å²) >= 11 is 0.891. The van der Waals surface area contributed by atoms with E-state index in [1.165, 1.54) is 13.8 Å². The first-order chi connectivity index (χ1) is 13.0. The third-order valence-electron chi connectivity index (χ3n) is 3.49. The molecule has 0 spiro atoms. The van der Waals surface area contributed by atoms with Crippen molar-refractivity contribution >= 4 is 33.8 Å². The van der Waals surface area contributed by atoms with E-state index in [1.807, 2.05) is 0 Å². The number of rotatable bonds is 5. The number of thioether (sulfide) groups is 2. The summed E-state index contributed by atoms with van der Waals surface area (Å²) in [6.07, 6.45) is 0. The Labute approximate surface area is 167 Å². The van der Waals surface area contributed by atoms with Crippen molar-refractivity contribution in [1.29, 1.82) is 0 Å². The summed E-state index contributed by atoms with van der Waals surface area (Å²) in [6.45, 7) is 9.69. The quantitative estimate of drug-likeness (QED) is 0.319. The molecule has 0 bridgehead atoms. The zero-order chi connectivity index (χ0) is 21.2. The molecule has 0 aliphatic carbocycles. The third kappa shape index (κ3) is 4.56. The van der Waals surface area contributed by atoms with Crippen molar-refractivity contribution in [2.45, 2.75) is 23.6 Å². The first-order valence-corrected chi connectivity index (χ1v) is 9.39. The molecular weight excluding hydrogens is 412 g/mol. The van der Waals surface area contributed by atoms with Crippen LogP contribution in [0.25, 0.3) is 11.1 Å². The van der Waals surface area contributed by atoms with E-state index >= 15 is 0 Å². The minimum absolute atomic E-state index is 0.152. The minimum atomic E-state index is -1.42. The van der Waals surface area contributed by atoms with Gasteiger partial charge in [-0.25, -0.2) is 17.6 Å². The number of carbonyl (C=O) groups excluding carboxylic acids is 2. The molecule has 0 unspecified atom stereocenters. The van der Waals surface area contributed by atoms with Gasteiger partial charge in [0.05, 0.1) is 9.79 Å². The van der Waals surface area contributed by atoms with Crippen LogP contribution in [0.15, 0.2) is 58.4 Å².